The number of aryl methyl sites for hydroxylation is 1. The van der Waals surface area contributed by atoms with E-state index in [-0.39, 0.29) is 5.41 Å². The van der Waals surface area contributed by atoms with Gasteiger partial charge in [-0.1, -0.05) is 37.8 Å². The Morgan fingerprint density at radius 1 is 1.17 bits per heavy atom. The minimum absolute atomic E-state index is 0.294. The molecule has 2 nitrogen and oxygen atoms in total. The Labute approximate surface area is 110 Å². The van der Waals surface area contributed by atoms with Gasteiger partial charge in [-0.25, -0.2) is 0 Å². The second kappa shape index (κ2) is 5.44. The van der Waals surface area contributed by atoms with Crippen LogP contribution in [0.15, 0.2) is 18.2 Å². The van der Waals surface area contributed by atoms with Crippen molar-refractivity contribution >= 4 is 0 Å². The molecule has 1 aromatic carbocycles. The van der Waals surface area contributed by atoms with Crippen LogP contribution >= 0.6 is 0 Å². The fourth-order valence-electron chi connectivity index (χ4n) is 2.91. The first-order valence-electron chi connectivity index (χ1n) is 6.78. The molecule has 1 fully saturated rings. The van der Waals surface area contributed by atoms with Crippen LogP contribution in [0.2, 0.25) is 0 Å². The summed E-state index contributed by atoms with van der Waals surface area (Å²) in [5.41, 5.74) is 1.97. The lowest BCUT2D eigenvalue weighted by molar-refractivity contribution is 0.407. The van der Waals surface area contributed by atoms with E-state index >= 15 is 0 Å². The third kappa shape index (κ3) is 2.36. The van der Waals surface area contributed by atoms with Gasteiger partial charge in [0.2, 0.25) is 0 Å². The van der Waals surface area contributed by atoms with E-state index in [4.69, 9.17) is 4.74 Å². The molecule has 0 amide bonds. The number of nitrogens with zero attached hydrogens (tertiary/aromatic N) is 1. The number of rotatable bonds is 2. The van der Waals surface area contributed by atoms with E-state index < -0.39 is 0 Å². The zero-order chi connectivity index (χ0) is 13.0. The molecule has 2 heteroatoms. The molecule has 0 bridgehead atoms. The van der Waals surface area contributed by atoms with Crippen LogP contribution in [-0.4, -0.2) is 7.11 Å². The Bertz CT molecular complexity index is 451. The molecule has 0 N–H and O–H groups in total. The van der Waals surface area contributed by atoms with Gasteiger partial charge in [-0.2, -0.15) is 5.26 Å². The lowest BCUT2D eigenvalue weighted by atomic mass is 9.75. The second-order valence-electron chi connectivity index (χ2n) is 5.29. The summed E-state index contributed by atoms with van der Waals surface area (Å²) < 4.78 is 5.39. The van der Waals surface area contributed by atoms with Gasteiger partial charge in [-0.15, -0.1) is 0 Å². The van der Waals surface area contributed by atoms with Gasteiger partial charge in [0.15, 0.2) is 0 Å². The Kier molecular flexibility index (Phi) is 3.91. The number of benzene rings is 1. The van der Waals surface area contributed by atoms with Crippen molar-refractivity contribution in [1.29, 1.82) is 5.26 Å². The van der Waals surface area contributed by atoms with Gasteiger partial charge >= 0.3 is 0 Å². The molecule has 0 atom stereocenters. The zero-order valence-electron chi connectivity index (χ0n) is 11.3. The van der Waals surface area contributed by atoms with Crippen LogP contribution in [0.3, 0.4) is 0 Å². The number of hydrogen-bond acceptors (Lipinski definition) is 2. The van der Waals surface area contributed by atoms with Crippen LogP contribution in [0.5, 0.6) is 5.75 Å². The lowest BCUT2D eigenvalue weighted by Gasteiger charge is -2.26. The summed E-state index contributed by atoms with van der Waals surface area (Å²) in [4.78, 5) is 0. The number of methoxy groups -OCH3 is 1. The van der Waals surface area contributed by atoms with Crippen LogP contribution in [-0.2, 0) is 5.41 Å². The van der Waals surface area contributed by atoms with Crippen molar-refractivity contribution < 1.29 is 4.74 Å². The molecular weight excluding hydrogens is 222 g/mol. The van der Waals surface area contributed by atoms with Crippen LogP contribution < -0.4 is 4.74 Å². The van der Waals surface area contributed by atoms with Crippen molar-refractivity contribution in [2.75, 3.05) is 7.11 Å². The highest BCUT2D eigenvalue weighted by atomic mass is 16.5. The van der Waals surface area contributed by atoms with Gasteiger partial charge < -0.3 is 4.74 Å². The molecule has 0 aliphatic heterocycles. The Balaban J connectivity index is 2.40. The highest BCUT2D eigenvalue weighted by Crippen LogP contribution is 2.39. The number of nitriles is 1. The van der Waals surface area contributed by atoms with E-state index in [0.717, 1.165) is 42.6 Å². The summed E-state index contributed by atoms with van der Waals surface area (Å²) in [6.07, 6.45) is 6.79. The minimum atomic E-state index is -0.294. The molecule has 2 rings (SSSR count). The molecule has 1 aliphatic carbocycles. The Morgan fingerprint density at radius 2 is 1.83 bits per heavy atom. The van der Waals surface area contributed by atoms with E-state index in [9.17, 15) is 5.26 Å². The molecule has 1 aromatic rings. The molecule has 1 saturated carbocycles. The van der Waals surface area contributed by atoms with E-state index in [0.29, 0.717) is 0 Å². The van der Waals surface area contributed by atoms with Crippen molar-refractivity contribution in [3.8, 4) is 11.8 Å². The number of hydrogen-bond donors (Lipinski definition) is 0. The lowest BCUT2D eigenvalue weighted by Crippen LogP contribution is -2.23. The van der Waals surface area contributed by atoms with Crippen LogP contribution in [0.25, 0.3) is 0 Å². The molecule has 0 spiro atoms. The molecule has 1 aliphatic rings. The summed E-state index contributed by atoms with van der Waals surface area (Å²) in [5.74, 6) is 0.895. The minimum Gasteiger partial charge on any atom is -0.496 e. The largest absolute Gasteiger partial charge is 0.496 e. The zero-order valence-corrected chi connectivity index (χ0v) is 11.3. The summed E-state index contributed by atoms with van der Waals surface area (Å²) >= 11 is 0. The molecular formula is C16H21NO. The van der Waals surface area contributed by atoms with Crippen molar-refractivity contribution in [1.82, 2.24) is 0 Å². The SMILES string of the molecule is COc1cc(C2(C#N)CCCCCC2)ccc1C. The molecule has 0 radical (unpaired) electrons. The third-order valence-electron chi connectivity index (χ3n) is 4.13. The highest BCUT2D eigenvalue weighted by molar-refractivity contribution is 5.42. The fourth-order valence-corrected chi connectivity index (χ4v) is 2.91. The average molecular weight is 243 g/mol. The summed E-state index contributed by atoms with van der Waals surface area (Å²) in [6, 6.07) is 8.82. The van der Waals surface area contributed by atoms with E-state index in [1.807, 2.05) is 6.92 Å². The maximum absolute atomic E-state index is 9.66. The van der Waals surface area contributed by atoms with Crippen LogP contribution in [0.1, 0.15) is 49.7 Å². The van der Waals surface area contributed by atoms with Gasteiger partial charge in [-0.05, 0) is 37.0 Å². The Morgan fingerprint density at radius 3 is 2.39 bits per heavy atom. The smallest absolute Gasteiger partial charge is 0.122 e. The maximum Gasteiger partial charge on any atom is 0.122 e. The molecule has 0 heterocycles. The normalized spacial score (nSPS) is 18.7. The second-order valence-corrected chi connectivity index (χ2v) is 5.29. The first-order chi connectivity index (χ1) is 8.72. The first kappa shape index (κ1) is 13.0. The molecule has 0 aromatic heterocycles. The van der Waals surface area contributed by atoms with Crippen LogP contribution in [0, 0.1) is 18.3 Å². The molecule has 96 valence electrons. The van der Waals surface area contributed by atoms with E-state index in [1.165, 1.54) is 12.8 Å². The number of ether oxygens (including phenoxy) is 1. The van der Waals surface area contributed by atoms with Crippen molar-refractivity contribution in [3.05, 3.63) is 29.3 Å². The standard InChI is InChI=1S/C16H21NO/c1-13-7-8-14(11-15(13)18-2)16(12-17)9-5-3-4-6-10-16/h7-8,11H,3-6,9-10H2,1-2H3. The van der Waals surface area contributed by atoms with E-state index in [2.05, 4.69) is 24.3 Å². The van der Waals surface area contributed by atoms with Gasteiger partial charge in [0.1, 0.15) is 5.75 Å². The predicted molar refractivity (Wildman–Crippen MR) is 72.7 cm³/mol. The maximum atomic E-state index is 9.66. The quantitative estimate of drug-likeness (QED) is 0.732. The molecule has 0 saturated heterocycles. The molecule has 0 unspecified atom stereocenters. The first-order valence-corrected chi connectivity index (χ1v) is 6.78. The monoisotopic (exact) mass is 243 g/mol. The van der Waals surface area contributed by atoms with Crippen molar-refractivity contribution in [3.63, 3.8) is 0 Å². The molecule has 18 heavy (non-hydrogen) atoms. The van der Waals surface area contributed by atoms with Gasteiger partial charge in [-0.3, -0.25) is 0 Å². The summed E-state index contributed by atoms with van der Waals surface area (Å²) in [7, 11) is 1.69. The summed E-state index contributed by atoms with van der Waals surface area (Å²) in [5, 5.41) is 9.66. The van der Waals surface area contributed by atoms with Crippen LogP contribution in [0.4, 0.5) is 0 Å². The van der Waals surface area contributed by atoms with Crippen molar-refractivity contribution in [2.45, 2.75) is 50.9 Å². The average Bonchev–Trinajstić information content (AvgIpc) is 2.65. The topological polar surface area (TPSA) is 33.0 Å². The Hall–Kier alpha value is -1.49. The summed E-state index contributed by atoms with van der Waals surface area (Å²) in [6.45, 7) is 2.04. The van der Waals surface area contributed by atoms with Gasteiger partial charge in [0.05, 0.1) is 18.6 Å². The van der Waals surface area contributed by atoms with Crippen molar-refractivity contribution in [2.24, 2.45) is 0 Å². The highest BCUT2D eigenvalue weighted by Gasteiger charge is 2.33. The third-order valence-corrected chi connectivity index (χ3v) is 4.13. The predicted octanol–water partition coefficient (Wildman–Crippen LogP) is 4.12. The van der Waals surface area contributed by atoms with Gasteiger partial charge in [0, 0.05) is 0 Å². The van der Waals surface area contributed by atoms with E-state index in [1.54, 1.807) is 7.11 Å². The fraction of sp³-hybridized carbons (Fsp3) is 0.562. The van der Waals surface area contributed by atoms with Gasteiger partial charge in [0.25, 0.3) is 0 Å².